The van der Waals surface area contributed by atoms with Crippen molar-refractivity contribution in [3.63, 3.8) is 0 Å². The summed E-state index contributed by atoms with van der Waals surface area (Å²) in [4.78, 5) is 0. The van der Waals surface area contributed by atoms with E-state index in [1.54, 1.807) is 18.2 Å². The average molecular weight is 237 g/mol. The van der Waals surface area contributed by atoms with Crippen LogP contribution in [0.1, 0.15) is 5.56 Å². The molecule has 1 aromatic rings. The Balaban J connectivity index is 2.81. The molecule has 0 aliphatic carbocycles. The molecule has 1 rings (SSSR count). The van der Waals surface area contributed by atoms with Crippen molar-refractivity contribution < 1.29 is 18.3 Å². The van der Waals surface area contributed by atoms with E-state index in [1.807, 2.05) is 0 Å². The minimum Gasteiger partial charge on any atom is -0.493 e. The minimum absolute atomic E-state index is 0.288. The second-order valence-corrected chi connectivity index (χ2v) is 3.09. The zero-order valence-electron chi connectivity index (χ0n) is 8.17. The van der Waals surface area contributed by atoms with Crippen molar-refractivity contribution in [1.29, 1.82) is 0 Å². The maximum absolute atomic E-state index is 11.9. The van der Waals surface area contributed by atoms with Crippen LogP contribution < -0.4 is 9.47 Å². The standard InChI is InChI=1S/C10H11ClF2O2/c1-14-8-3-2-7(5-11)4-9(8)15-6-10(12)13/h2-4,10H,5-6H2,1H3. The lowest BCUT2D eigenvalue weighted by Crippen LogP contribution is -2.08. The third-order valence-corrected chi connectivity index (χ3v) is 2.06. The topological polar surface area (TPSA) is 18.5 Å². The van der Waals surface area contributed by atoms with Gasteiger partial charge in [-0.05, 0) is 17.7 Å². The molecular weight excluding hydrogens is 226 g/mol. The SMILES string of the molecule is COc1ccc(CCl)cc1OCC(F)F. The zero-order valence-corrected chi connectivity index (χ0v) is 8.93. The van der Waals surface area contributed by atoms with Crippen LogP contribution >= 0.6 is 11.6 Å². The minimum atomic E-state index is -2.51. The van der Waals surface area contributed by atoms with E-state index in [0.29, 0.717) is 11.6 Å². The van der Waals surface area contributed by atoms with Crippen molar-refractivity contribution in [3.05, 3.63) is 23.8 Å². The van der Waals surface area contributed by atoms with Crippen LogP contribution in [0.15, 0.2) is 18.2 Å². The van der Waals surface area contributed by atoms with Gasteiger partial charge in [0.25, 0.3) is 6.43 Å². The average Bonchev–Trinajstić information content (AvgIpc) is 2.25. The van der Waals surface area contributed by atoms with E-state index in [0.717, 1.165) is 5.56 Å². The van der Waals surface area contributed by atoms with Gasteiger partial charge < -0.3 is 9.47 Å². The molecule has 1 aromatic carbocycles. The summed E-state index contributed by atoms with van der Waals surface area (Å²) in [5.74, 6) is 1.01. The molecule has 0 saturated carbocycles. The summed E-state index contributed by atoms with van der Waals surface area (Å²) in [5, 5.41) is 0. The highest BCUT2D eigenvalue weighted by Crippen LogP contribution is 2.28. The second-order valence-electron chi connectivity index (χ2n) is 2.82. The Kier molecular flexibility index (Phi) is 4.62. The molecule has 0 unspecified atom stereocenters. The van der Waals surface area contributed by atoms with Crippen LogP contribution in [0.4, 0.5) is 8.78 Å². The number of benzene rings is 1. The molecule has 0 radical (unpaired) electrons. The van der Waals surface area contributed by atoms with Gasteiger partial charge in [0.05, 0.1) is 7.11 Å². The Hall–Kier alpha value is -1.03. The fourth-order valence-corrected chi connectivity index (χ4v) is 1.24. The summed E-state index contributed by atoms with van der Waals surface area (Å²) in [6, 6.07) is 4.98. The molecule has 15 heavy (non-hydrogen) atoms. The molecule has 0 bridgehead atoms. The first-order valence-electron chi connectivity index (χ1n) is 4.31. The predicted molar refractivity (Wildman–Crippen MR) is 54.1 cm³/mol. The molecule has 5 heteroatoms. The van der Waals surface area contributed by atoms with E-state index in [1.165, 1.54) is 7.11 Å². The van der Waals surface area contributed by atoms with E-state index in [9.17, 15) is 8.78 Å². The first-order chi connectivity index (χ1) is 7.17. The third kappa shape index (κ3) is 3.55. The highest BCUT2D eigenvalue weighted by atomic mass is 35.5. The van der Waals surface area contributed by atoms with Gasteiger partial charge in [-0.3, -0.25) is 0 Å². The Labute approximate surface area is 91.8 Å². The van der Waals surface area contributed by atoms with Crippen molar-refractivity contribution in [2.75, 3.05) is 13.7 Å². The largest absolute Gasteiger partial charge is 0.493 e. The maximum atomic E-state index is 11.9. The van der Waals surface area contributed by atoms with Crippen molar-refractivity contribution >= 4 is 11.6 Å². The first-order valence-corrected chi connectivity index (χ1v) is 4.84. The molecule has 0 fully saturated rings. The van der Waals surface area contributed by atoms with Gasteiger partial charge >= 0.3 is 0 Å². The van der Waals surface area contributed by atoms with E-state index >= 15 is 0 Å². The summed E-state index contributed by atoms with van der Waals surface area (Å²) in [6.45, 7) is -0.651. The number of hydrogen-bond donors (Lipinski definition) is 0. The van der Waals surface area contributed by atoms with Crippen LogP contribution in [0.3, 0.4) is 0 Å². The number of ether oxygens (including phenoxy) is 2. The van der Waals surface area contributed by atoms with Gasteiger partial charge in [0.2, 0.25) is 0 Å². The third-order valence-electron chi connectivity index (χ3n) is 1.75. The van der Waals surface area contributed by atoms with E-state index in [-0.39, 0.29) is 5.75 Å². The van der Waals surface area contributed by atoms with E-state index in [2.05, 4.69) is 0 Å². The summed E-state index contributed by atoms with van der Waals surface area (Å²) in [5.41, 5.74) is 0.793. The van der Waals surface area contributed by atoms with Crippen LogP contribution in [0.25, 0.3) is 0 Å². The highest BCUT2D eigenvalue weighted by molar-refractivity contribution is 6.17. The molecule has 0 aromatic heterocycles. The van der Waals surface area contributed by atoms with Gasteiger partial charge in [0.1, 0.15) is 6.61 Å². The fourth-order valence-electron chi connectivity index (χ4n) is 1.07. The number of methoxy groups -OCH3 is 1. The fraction of sp³-hybridized carbons (Fsp3) is 0.400. The van der Waals surface area contributed by atoms with Crippen LogP contribution in [0, 0.1) is 0 Å². The Morgan fingerprint density at radius 3 is 2.60 bits per heavy atom. The van der Waals surface area contributed by atoms with Crippen molar-refractivity contribution in [2.45, 2.75) is 12.3 Å². The molecule has 0 heterocycles. The molecule has 2 nitrogen and oxygen atoms in total. The second kappa shape index (κ2) is 5.75. The molecule has 0 aliphatic rings. The van der Waals surface area contributed by atoms with E-state index in [4.69, 9.17) is 21.1 Å². The van der Waals surface area contributed by atoms with Gasteiger partial charge in [-0.15, -0.1) is 11.6 Å². The molecule has 0 aliphatic heterocycles. The smallest absolute Gasteiger partial charge is 0.272 e. The monoisotopic (exact) mass is 236 g/mol. The van der Waals surface area contributed by atoms with Gasteiger partial charge in [-0.2, -0.15) is 0 Å². The molecule has 84 valence electrons. The molecule has 0 saturated heterocycles. The lowest BCUT2D eigenvalue weighted by atomic mass is 10.2. The van der Waals surface area contributed by atoms with Crippen LogP contribution in [0.5, 0.6) is 11.5 Å². The van der Waals surface area contributed by atoms with Crippen molar-refractivity contribution in [2.24, 2.45) is 0 Å². The molecule has 0 atom stereocenters. The Morgan fingerprint density at radius 2 is 2.07 bits per heavy atom. The maximum Gasteiger partial charge on any atom is 0.272 e. The Morgan fingerprint density at radius 1 is 1.33 bits per heavy atom. The molecule has 0 amide bonds. The van der Waals surface area contributed by atoms with Crippen LogP contribution in [-0.2, 0) is 5.88 Å². The lowest BCUT2D eigenvalue weighted by molar-refractivity contribution is 0.0804. The predicted octanol–water partition coefficient (Wildman–Crippen LogP) is 3.08. The summed E-state index contributed by atoms with van der Waals surface area (Å²) < 4.78 is 33.8. The molecular formula is C10H11ClF2O2. The lowest BCUT2D eigenvalue weighted by Gasteiger charge is -2.11. The van der Waals surface area contributed by atoms with Gasteiger partial charge in [-0.25, -0.2) is 8.78 Å². The van der Waals surface area contributed by atoms with Crippen LogP contribution in [0.2, 0.25) is 0 Å². The highest BCUT2D eigenvalue weighted by Gasteiger charge is 2.09. The number of rotatable bonds is 5. The number of alkyl halides is 3. The summed E-state index contributed by atoms with van der Waals surface area (Å²) >= 11 is 5.61. The summed E-state index contributed by atoms with van der Waals surface area (Å²) in [6.07, 6.45) is -2.51. The zero-order chi connectivity index (χ0) is 11.3. The summed E-state index contributed by atoms with van der Waals surface area (Å²) in [7, 11) is 1.45. The quantitative estimate of drug-likeness (QED) is 0.732. The van der Waals surface area contributed by atoms with Gasteiger partial charge in [-0.1, -0.05) is 6.07 Å². The van der Waals surface area contributed by atoms with Gasteiger partial charge in [0, 0.05) is 5.88 Å². The molecule has 0 spiro atoms. The van der Waals surface area contributed by atoms with Crippen LogP contribution in [-0.4, -0.2) is 20.1 Å². The number of halogens is 3. The first kappa shape index (κ1) is 12.0. The Bertz CT molecular complexity index is 318. The van der Waals surface area contributed by atoms with Crippen molar-refractivity contribution in [1.82, 2.24) is 0 Å². The van der Waals surface area contributed by atoms with Crippen molar-refractivity contribution in [3.8, 4) is 11.5 Å². The number of hydrogen-bond acceptors (Lipinski definition) is 2. The van der Waals surface area contributed by atoms with Gasteiger partial charge in [0.15, 0.2) is 11.5 Å². The van der Waals surface area contributed by atoms with E-state index < -0.39 is 13.0 Å². The molecule has 0 N–H and O–H groups in total. The normalized spacial score (nSPS) is 10.5.